The minimum atomic E-state index is 0. The van der Waals surface area contributed by atoms with Gasteiger partial charge in [0.15, 0.2) is 6.19 Å². The van der Waals surface area contributed by atoms with Crippen LogP contribution in [0.2, 0.25) is 0 Å². The molecule has 29 heavy (non-hydrogen) atoms. The zero-order chi connectivity index (χ0) is 19.3. The fourth-order valence-electron chi connectivity index (χ4n) is 5.66. The van der Waals surface area contributed by atoms with Gasteiger partial charge < -0.3 is 48.2 Å². The molecule has 0 bridgehead atoms. The third kappa shape index (κ3) is 3.54. The van der Waals surface area contributed by atoms with E-state index in [4.69, 9.17) is 4.74 Å². The van der Waals surface area contributed by atoms with Crippen molar-refractivity contribution in [1.29, 1.82) is 5.26 Å². The molecule has 7 heteroatoms. The van der Waals surface area contributed by atoms with Gasteiger partial charge in [0.05, 0.1) is 32.0 Å². The van der Waals surface area contributed by atoms with Crippen LogP contribution in [0.3, 0.4) is 0 Å². The molecular weight excluding hydrogens is 479 g/mol. The van der Waals surface area contributed by atoms with Crippen LogP contribution in [0.4, 0.5) is 0 Å². The number of ether oxygens (including phenoxy) is 1. The second kappa shape index (κ2) is 8.06. The van der Waals surface area contributed by atoms with Gasteiger partial charge in [-0.1, -0.05) is 12.1 Å². The summed E-state index contributed by atoms with van der Waals surface area (Å²) in [4.78, 5) is 5.66. The van der Waals surface area contributed by atoms with Gasteiger partial charge >= 0.3 is 0 Å². The highest BCUT2D eigenvalue weighted by Gasteiger charge is 2.42. The zero-order valence-corrected chi connectivity index (χ0v) is 19.1. The van der Waals surface area contributed by atoms with Gasteiger partial charge in [0.1, 0.15) is 19.6 Å². The van der Waals surface area contributed by atoms with Gasteiger partial charge in [-0.25, -0.2) is 0 Å². The Morgan fingerprint density at radius 2 is 2.14 bits per heavy atom. The predicted octanol–water partition coefficient (Wildman–Crippen LogP) is -1.05. The molecule has 1 unspecified atom stereocenters. The smallest absolute Gasteiger partial charge is 0.179 e. The Kier molecular flexibility index (Phi) is 5.81. The van der Waals surface area contributed by atoms with Crippen LogP contribution >= 0.6 is 0 Å². The molecule has 2 aliphatic heterocycles. The molecule has 0 saturated carbocycles. The van der Waals surface area contributed by atoms with Crippen molar-refractivity contribution < 1.29 is 38.3 Å². The second-order valence-electron chi connectivity index (χ2n) is 9.10. The summed E-state index contributed by atoms with van der Waals surface area (Å²) in [5.74, 6) is 0.493. The Hall–Kier alpha value is -1.34. The number of halogens is 1. The summed E-state index contributed by atoms with van der Waals surface area (Å²) >= 11 is 0. The molecule has 0 amide bonds. The van der Waals surface area contributed by atoms with Crippen LogP contribution in [0.25, 0.3) is 10.9 Å². The summed E-state index contributed by atoms with van der Waals surface area (Å²) in [6, 6.07) is 6.75. The Morgan fingerprint density at radius 1 is 1.34 bits per heavy atom. The zero-order valence-electron chi connectivity index (χ0n) is 16.9. The number of H-pyrrole nitrogens is 1. The largest absolute Gasteiger partial charge is 1.00 e. The Morgan fingerprint density at radius 3 is 2.86 bits per heavy atom. The van der Waals surface area contributed by atoms with E-state index in [-0.39, 0.29) is 42.5 Å². The normalized spacial score (nSPS) is 27.8. The lowest BCUT2D eigenvalue weighted by atomic mass is 9.72. The number of piperidine rings is 1. The number of nitrogens with zero attached hydrogens (tertiary/aromatic N) is 3. The van der Waals surface area contributed by atoms with Crippen molar-refractivity contribution in [2.45, 2.75) is 31.3 Å². The highest BCUT2D eigenvalue weighted by atomic mass is 127. The van der Waals surface area contributed by atoms with Crippen LogP contribution < -0.4 is 24.0 Å². The summed E-state index contributed by atoms with van der Waals surface area (Å²) in [5, 5.41) is 20.9. The van der Waals surface area contributed by atoms with Crippen LogP contribution in [-0.4, -0.2) is 72.0 Å². The van der Waals surface area contributed by atoms with Crippen LogP contribution in [0.1, 0.15) is 29.2 Å². The standard InChI is InChI=1S/C22H29N4O2.HI/c1-26(5-7-28-8-6-26)12-20-18-10-21-17(9-15(13-27)11-25(21)14-23)16-3-2-4-19(24-20)22(16)18;/h2-4,15,17,21,24,27H,5-13H2,1H3;1H/q+1;/p-1/t15?,17-,21-;/m1./s1. The lowest BCUT2D eigenvalue weighted by Gasteiger charge is -2.44. The Labute approximate surface area is 189 Å². The maximum Gasteiger partial charge on any atom is 0.179 e. The Bertz CT molecular complexity index is 931. The molecule has 1 aromatic carbocycles. The minimum absolute atomic E-state index is 0. The van der Waals surface area contributed by atoms with Crippen molar-refractivity contribution in [3.8, 4) is 6.19 Å². The van der Waals surface area contributed by atoms with Crippen molar-refractivity contribution in [1.82, 2.24) is 9.88 Å². The monoisotopic (exact) mass is 508 g/mol. The topological polar surface area (TPSA) is 72.3 Å². The molecule has 0 spiro atoms. The van der Waals surface area contributed by atoms with Crippen LogP contribution in [0.15, 0.2) is 18.2 Å². The first-order valence-electron chi connectivity index (χ1n) is 10.4. The molecule has 2 saturated heterocycles. The molecular formula is C22H29IN4O2. The molecule has 5 rings (SSSR count). The van der Waals surface area contributed by atoms with Gasteiger partial charge in [-0.15, -0.1) is 0 Å². The number of morpholine rings is 1. The second-order valence-corrected chi connectivity index (χ2v) is 9.10. The molecule has 2 aromatic rings. The van der Waals surface area contributed by atoms with Crippen molar-refractivity contribution in [2.75, 3.05) is 46.5 Å². The Balaban J connectivity index is 0.00000205. The highest BCUT2D eigenvalue weighted by Crippen LogP contribution is 2.45. The number of nitrogens with one attached hydrogen (secondary N) is 1. The summed E-state index contributed by atoms with van der Waals surface area (Å²) in [6.07, 6.45) is 4.30. The van der Waals surface area contributed by atoms with Gasteiger partial charge in [0.2, 0.25) is 0 Å². The molecule has 1 aromatic heterocycles. The summed E-state index contributed by atoms with van der Waals surface area (Å²) in [6.45, 7) is 5.53. The van der Waals surface area contributed by atoms with Gasteiger partial charge in [-0.2, -0.15) is 5.26 Å². The van der Waals surface area contributed by atoms with Crippen molar-refractivity contribution >= 4 is 10.9 Å². The molecule has 1 aliphatic carbocycles. The van der Waals surface area contributed by atoms with Crippen LogP contribution in [0.5, 0.6) is 0 Å². The van der Waals surface area contributed by atoms with Gasteiger partial charge in [0, 0.05) is 35.9 Å². The van der Waals surface area contributed by atoms with E-state index in [0.29, 0.717) is 12.5 Å². The number of aliphatic hydroxyl groups excluding tert-OH is 1. The molecule has 6 nitrogen and oxygen atoms in total. The number of quaternary nitrogens is 1. The van der Waals surface area contributed by atoms with Crippen molar-refractivity contribution in [3.05, 3.63) is 35.0 Å². The fraction of sp³-hybridized carbons (Fsp3) is 0.591. The maximum atomic E-state index is 9.78. The number of rotatable bonds is 3. The predicted molar refractivity (Wildman–Crippen MR) is 106 cm³/mol. The van der Waals surface area contributed by atoms with E-state index in [1.54, 1.807) is 0 Å². The maximum absolute atomic E-state index is 9.78. The highest BCUT2D eigenvalue weighted by molar-refractivity contribution is 5.89. The summed E-state index contributed by atoms with van der Waals surface area (Å²) < 4.78 is 6.58. The molecule has 156 valence electrons. The van der Waals surface area contributed by atoms with Crippen LogP contribution in [-0.2, 0) is 17.7 Å². The van der Waals surface area contributed by atoms with Crippen molar-refractivity contribution in [2.24, 2.45) is 5.92 Å². The summed E-state index contributed by atoms with van der Waals surface area (Å²) in [5.41, 5.74) is 5.30. The first-order valence-corrected chi connectivity index (χ1v) is 10.4. The molecule has 2 N–H and O–H groups in total. The van der Waals surface area contributed by atoms with Gasteiger partial charge in [-0.05, 0) is 30.0 Å². The number of nitriles is 1. The number of likely N-dealkylation sites (N-methyl/N-ethyl adjacent to an activating group) is 1. The third-order valence-electron chi connectivity index (χ3n) is 7.25. The van der Waals surface area contributed by atoms with E-state index in [2.05, 4.69) is 36.4 Å². The van der Waals surface area contributed by atoms with E-state index in [0.717, 1.165) is 50.2 Å². The summed E-state index contributed by atoms with van der Waals surface area (Å²) in [7, 11) is 2.32. The SMILES string of the molecule is C[N+]1(Cc2[nH]c3cccc4c3c2C[C@@H]2[C@@H]4CC(CO)CN2C#N)CCOCC1.[I-]. The molecule has 3 atom stereocenters. The lowest BCUT2D eigenvalue weighted by molar-refractivity contribution is -0.929. The van der Waals surface area contributed by atoms with Gasteiger partial charge in [-0.3, -0.25) is 0 Å². The molecule has 3 aliphatic rings. The average molecular weight is 508 g/mol. The number of hydrogen-bond acceptors (Lipinski definition) is 4. The van der Waals surface area contributed by atoms with E-state index in [9.17, 15) is 10.4 Å². The average Bonchev–Trinajstić information content (AvgIpc) is 3.05. The third-order valence-corrected chi connectivity index (χ3v) is 7.25. The van der Waals surface area contributed by atoms with Crippen LogP contribution in [0, 0.1) is 17.4 Å². The first kappa shape index (κ1) is 20.9. The number of benzene rings is 1. The number of hydrogen-bond donors (Lipinski definition) is 2. The van der Waals surface area contributed by atoms with E-state index < -0.39 is 0 Å². The number of aromatic amines is 1. The van der Waals surface area contributed by atoms with E-state index in [1.165, 1.54) is 27.7 Å². The minimum Gasteiger partial charge on any atom is -1.00 e. The number of fused-ring (bicyclic) bond motifs is 2. The molecule has 2 fully saturated rings. The van der Waals surface area contributed by atoms with Gasteiger partial charge in [0.25, 0.3) is 0 Å². The lowest BCUT2D eigenvalue weighted by Crippen LogP contribution is -3.00. The first-order chi connectivity index (χ1) is 13.6. The van der Waals surface area contributed by atoms with E-state index >= 15 is 0 Å². The van der Waals surface area contributed by atoms with E-state index in [1.807, 2.05) is 4.90 Å². The quantitative estimate of drug-likeness (QED) is 0.316. The van der Waals surface area contributed by atoms with Crippen molar-refractivity contribution in [3.63, 3.8) is 0 Å². The molecule has 3 heterocycles. The number of aromatic nitrogens is 1. The number of likely N-dealkylation sites (tertiary alicyclic amines) is 1. The fourth-order valence-corrected chi connectivity index (χ4v) is 5.66. The number of aliphatic hydroxyl groups is 1. The molecule has 0 radical (unpaired) electrons.